The number of carbonyl (C=O) groups is 1. The van der Waals surface area contributed by atoms with Crippen molar-refractivity contribution in [2.75, 3.05) is 26.6 Å². The van der Waals surface area contributed by atoms with Gasteiger partial charge in [-0.2, -0.15) is 13.2 Å². The SMILES string of the molecule is CCOCOCCn1cc(C(NC(=O)Cc2ccc(C(C)(C)C)cc2)c2ccc(OCC(F)(F)F)cn2)nn1. The molecule has 2 aromatic heterocycles. The van der Waals surface area contributed by atoms with E-state index in [1.165, 1.54) is 18.3 Å². The normalized spacial score (nSPS) is 12.8. The summed E-state index contributed by atoms with van der Waals surface area (Å²) in [5.74, 6) is -0.326. The van der Waals surface area contributed by atoms with E-state index in [9.17, 15) is 18.0 Å². The molecule has 2 heterocycles. The second kappa shape index (κ2) is 13.5. The molecule has 0 saturated heterocycles. The molecule has 39 heavy (non-hydrogen) atoms. The number of alkyl halides is 3. The zero-order chi connectivity index (χ0) is 28.5. The fourth-order valence-corrected chi connectivity index (χ4v) is 3.55. The summed E-state index contributed by atoms with van der Waals surface area (Å²) in [5.41, 5.74) is 2.76. The Kier molecular flexibility index (Phi) is 10.4. The first-order valence-electron chi connectivity index (χ1n) is 12.5. The van der Waals surface area contributed by atoms with Gasteiger partial charge in [-0.1, -0.05) is 50.3 Å². The smallest absolute Gasteiger partial charge is 0.422 e. The number of ether oxygens (including phenoxy) is 3. The van der Waals surface area contributed by atoms with Gasteiger partial charge in [0.2, 0.25) is 5.91 Å². The van der Waals surface area contributed by atoms with Gasteiger partial charge in [0.15, 0.2) is 6.61 Å². The molecule has 0 aliphatic rings. The zero-order valence-corrected chi connectivity index (χ0v) is 22.5. The van der Waals surface area contributed by atoms with Crippen molar-refractivity contribution in [3.8, 4) is 5.75 Å². The summed E-state index contributed by atoms with van der Waals surface area (Å²) in [7, 11) is 0. The van der Waals surface area contributed by atoms with Crippen LogP contribution in [0.4, 0.5) is 13.2 Å². The number of hydrogen-bond donors (Lipinski definition) is 1. The van der Waals surface area contributed by atoms with Crippen LogP contribution in [-0.2, 0) is 32.6 Å². The van der Waals surface area contributed by atoms with E-state index in [1.807, 2.05) is 31.2 Å². The highest BCUT2D eigenvalue weighted by molar-refractivity contribution is 5.79. The molecule has 0 aliphatic heterocycles. The summed E-state index contributed by atoms with van der Waals surface area (Å²) in [4.78, 5) is 17.3. The number of benzene rings is 1. The van der Waals surface area contributed by atoms with Crippen LogP contribution in [0.15, 0.2) is 48.8 Å². The third-order valence-electron chi connectivity index (χ3n) is 5.64. The van der Waals surface area contributed by atoms with E-state index in [4.69, 9.17) is 14.2 Å². The Hall–Kier alpha value is -3.51. The molecule has 0 bridgehead atoms. The lowest BCUT2D eigenvalue weighted by Crippen LogP contribution is -2.31. The predicted molar refractivity (Wildman–Crippen MR) is 137 cm³/mol. The van der Waals surface area contributed by atoms with Crippen LogP contribution in [0.1, 0.15) is 56.3 Å². The number of hydrogen-bond acceptors (Lipinski definition) is 7. The Morgan fingerprint density at radius 1 is 1.05 bits per heavy atom. The maximum absolute atomic E-state index is 13.0. The van der Waals surface area contributed by atoms with E-state index < -0.39 is 18.8 Å². The van der Waals surface area contributed by atoms with Gasteiger partial charge >= 0.3 is 6.18 Å². The van der Waals surface area contributed by atoms with Gasteiger partial charge in [0.05, 0.1) is 37.7 Å². The molecule has 3 aromatic rings. The van der Waals surface area contributed by atoms with Crippen LogP contribution < -0.4 is 10.1 Å². The minimum Gasteiger partial charge on any atom is -0.483 e. The van der Waals surface area contributed by atoms with Gasteiger partial charge in [0.25, 0.3) is 0 Å². The zero-order valence-electron chi connectivity index (χ0n) is 22.5. The van der Waals surface area contributed by atoms with Crippen molar-refractivity contribution in [3.05, 3.63) is 71.3 Å². The van der Waals surface area contributed by atoms with Gasteiger partial charge < -0.3 is 19.5 Å². The maximum atomic E-state index is 13.0. The first-order chi connectivity index (χ1) is 18.4. The second-order valence-corrected chi connectivity index (χ2v) is 9.87. The Balaban J connectivity index is 1.74. The Bertz CT molecular complexity index is 1180. The summed E-state index contributed by atoms with van der Waals surface area (Å²) < 4.78 is 54.3. The highest BCUT2D eigenvalue weighted by atomic mass is 19.4. The summed E-state index contributed by atoms with van der Waals surface area (Å²) in [6.07, 6.45) is -1.52. The fourth-order valence-electron chi connectivity index (χ4n) is 3.55. The van der Waals surface area contributed by atoms with Gasteiger partial charge in [-0.3, -0.25) is 9.78 Å². The number of nitrogens with one attached hydrogen (secondary N) is 1. The molecular weight excluding hydrogens is 515 g/mol. The highest BCUT2D eigenvalue weighted by Gasteiger charge is 2.28. The largest absolute Gasteiger partial charge is 0.483 e. The summed E-state index contributed by atoms with van der Waals surface area (Å²) in [6.45, 7) is 8.24. The molecule has 0 fully saturated rings. The number of pyridine rings is 1. The molecule has 3 rings (SSSR count). The molecule has 0 saturated carbocycles. The first-order valence-corrected chi connectivity index (χ1v) is 12.5. The molecule has 1 aromatic carbocycles. The molecule has 12 heteroatoms. The van der Waals surface area contributed by atoms with Crippen molar-refractivity contribution >= 4 is 5.91 Å². The van der Waals surface area contributed by atoms with Gasteiger partial charge in [0, 0.05) is 6.61 Å². The lowest BCUT2D eigenvalue weighted by atomic mass is 9.86. The number of amides is 1. The Morgan fingerprint density at radius 2 is 1.79 bits per heavy atom. The summed E-state index contributed by atoms with van der Waals surface area (Å²) >= 11 is 0. The Morgan fingerprint density at radius 3 is 2.41 bits per heavy atom. The van der Waals surface area contributed by atoms with E-state index in [-0.39, 0.29) is 30.3 Å². The van der Waals surface area contributed by atoms with Crippen LogP contribution in [0.25, 0.3) is 0 Å². The number of aromatic nitrogens is 4. The molecule has 1 N–H and O–H groups in total. The van der Waals surface area contributed by atoms with Crippen LogP contribution >= 0.6 is 0 Å². The van der Waals surface area contributed by atoms with Gasteiger partial charge in [-0.05, 0) is 35.6 Å². The average molecular weight is 550 g/mol. The third kappa shape index (κ3) is 9.95. The van der Waals surface area contributed by atoms with Crippen molar-refractivity contribution in [2.24, 2.45) is 0 Å². The topological polar surface area (TPSA) is 100 Å². The minimum absolute atomic E-state index is 0.00653. The summed E-state index contributed by atoms with van der Waals surface area (Å²) in [6, 6.07) is 9.89. The van der Waals surface area contributed by atoms with Crippen LogP contribution in [0.2, 0.25) is 0 Å². The molecule has 1 atom stereocenters. The molecule has 1 unspecified atom stereocenters. The lowest BCUT2D eigenvalue weighted by molar-refractivity contribution is -0.153. The van der Waals surface area contributed by atoms with Crippen LogP contribution in [0.3, 0.4) is 0 Å². The number of carbonyl (C=O) groups excluding carboxylic acids is 1. The van der Waals surface area contributed by atoms with Gasteiger partial charge in [-0.25, -0.2) is 4.68 Å². The van der Waals surface area contributed by atoms with E-state index >= 15 is 0 Å². The van der Waals surface area contributed by atoms with E-state index in [0.29, 0.717) is 31.1 Å². The standard InChI is InChI=1S/C27H34F3N5O4/c1-5-37-18-38-13-12-35-16-23(33-34-35)25(22-11-10-21(15-31-22)39-17-27(28,29)30)32-24(36)14-19-6-8-20(9-7-19)26(2,3)4/h6-11,15-16,25H,5,12-14,17-18H2,1-4H3,(H,32,36). The minimum atomic E-state index is -4.47. The average Bonchev–Trinajstić information content (AvgIpc) is 3.34. The van der Waals surface area contributed by atoms with Crippen molar-refractivity contribution in [1.29, 1.82) is 0 Å². The molecule has 0 aliphatic carbocycles. The van der Waals surface area contributed by atoms with E-state index in [2.05, 4.69) is 41.4 Å². The van der Waals surface area contributed by atoms with Crippen LogP contribution in [0.5, 0.6) is 5.75 Å². The summed E-state index contributed by atoms with van der Waals surface area (Å²) in [5, 5.41) is 11.2. The van der Waals surface area contributed by atoms with Crippen molar-refractivity contribution in [2.45, 2.75) is 58.3 Å². The molecule has 212 valence electrons. The van der Waals surface area contributed by atoms with Crippen molar-refractivity contribution in [3.63, 3.8) is 0 Å². The molecular formula is C27H34F3N5O4. The van der Waals surface area contributed by atoms with Gasteiger partial charge in [0.1, 0.15) is 24.3 Å². The lowest BCUT2D eigenvalue weighted by Gasteiger charge is -2.19. The van der Waals surface area contributed by atoms with E-state index in [0.717, 1.165) is 11.1 Å². The first kappa shape index (κ1) is 30.0. The molecule has 0 radical (unpaired) electrons. The fraction of sp³-hybridized carbons (Fsp3) is 0.481. The number of nitrogens with zero attached hydrogens (tertiary/aromatic N) is 4. The Labute approximate surface area is 225 Å². The van der Waals surface area contributed by atoms with Crippen LogP contribution in [-0.4, -0.2) is 58.7 Å². The monoisotopic (exact) mass is 549 g/mol. The number of rotatable bonds is 13. The van der Waals surface area contributed by atoms with Crippen molar-refractivity contribution < 1.29 is 32.2 Å². The third-order valence-corrected chi connectivity index (χ3v) is 5.64. The van der Waals surface area contributed by atoms with E-state index in [1.54, 1.807) is 10.9 Å². The maximum Gasteiger partial charge on any atom is 0.422 e. The quantitative estimate of drug-likeness (QED) is 0.250. The number of halogens is 3. The van der Waals surface area contributed by atoms with Gasteiger partial charge in [-0.15, -0.1) is 5.10 Å². The molecule has 0 spiro atoms. The highest BCUT2D eigenvalue weighted by Crippen LogP contribution is 2.24. The molecule has 9 nitrogen and oxygen atoms in total. The molecule has 1 amide bonds. The second-order valence-electron chi connectivity index (χ2n) is 9.87. The predicted octanol–water partition coefficient (Wildman–Crippen LogP) is 4.37. The van der Waals surface area contributed by atoms with Crippen LogP contribution in [0, 0.1) is 0 Å². The van der Waals surface area contributed by atoms with Crippen molar-refractivity contribution in [1.82, 2.24) is 25.3 Å².